The molecule has 17 heavy (non-hydrogen) atoms. The van der Waals surface area contributed by atoms with Crippen molar-refractivity contribution in [1.29, 1.82) is 0 Å². The van der Waals surface area contributed by atoms with Crippen molar-refractivity contribution in [1.82, 2.24) is 10.3 Å². The fourth-order valence-electron chi connectivity index (χ4n) is 2.32. The van der Waals surface area contributed by atoms with Gasteiger partial charge in [0.15, 0.2) is 0 Å². The second-order valence-corrected chi connectivity index (χ2v) is 4.60. The lowest BCUT2D eigenvalue weighted by Crippen LogP contribution is -2.22. The summed E-state index contributed by atoms with van der Waals surface area (Å²) in [5.74, 6) is 0. The van der Waals surface area contributed by atoms with Crippen LogP contribution in [0.25, 0.3) is 0 Å². The van der Waals surface area contributed by atoms with Crippen molar-refractivity contribution in [2.24, 2.45) is 0 Å². The third-order valence-corrected chi connectivity index (χ3v) is 3.15. The van der Waals surface area contributed by atoms with E-state index in [-0.39, 0.29) is 6.04 Å². The number of likely N-dealkylation sites (N-methyl/N-ethyl adjacent to an activating group) is 1. The number of rotatable bonds is 3. The van der Waals surface area contributed by atoms with Crippen LogP contribution in [0.2, 0.25) is 0 Å². The number of ether oxygens (including phenoxy) is 1. The highest BCUT2D eigenvalue weighted by Gasteiger charge is 2.20. The van der Waals surface area contributed by atoms with Gasteiger partial charge in [-0.2, -0.15) is 0 Å². The van der Waals surface area contributed by atoms with Crippen LogP contribution in [-0.2, 0) is 4.74 Å². The van der Waals surface area contributed by atoms with Crippen molar-refractivity contribution in [3.05, 3.63) is 40.9 Å². The zero-order chi connectivity index (χ0) is 12.3. The maximum absolute atomic E-state index is 5.42. The van der Waals surface area contributed by atoms with Gasteiger partial charge in [0.25, 0.3) is 0 Å². The molecule has 0 spiro atoms. The molecule has 1 unspecified atom stereocenters. The summed E-state index contributed by atoms with van der Waals surface area (Å²) in [6, 6.07) is 2.35. The van der Waals surface area contributed by atoms with Gasteiger partial charge in [-0.3, -0.25) is 4.98 Å². The Morgan fingerprint density at radius 1 is 1.41 bits per heavy atom. The standard InChI is InChI=1S/C14H20N2O/c1-10-7-11(2)13(16-8-10)14(15-3)12-5-4-6-17-9-12/h7-9,14-15H,4-6H2,1-3H3. The van der Waals surface area contributed by atoms with Crippen molar-refractivity contribution < 1.29 is 4.74 Å². The smallest absolute Gasteiger partial charge is 0.0876 e. The molecule has 3 heteroatoms. The Morgan fingerprint density at radius 2 is 2.24 bits per heavy atom. The Bertz CT molecular complexity index is 426. The van der Waals surface area contributed by atoms with E-state index in [9.17, 15) is 0 Å². The number of nitrogens with zero attached hydrogens (tertiary/aromatic N) is 1. The molecule has 1 aliphatic rings. The summed E-state index contributed by atoms with van der Waals surface area (Å²) in [4.78, 5) is 4.57. The van der Waals surface area contributed by atoms with Gasteiger partial charge in [-0.1, -0.05) is 6.07 Å². The highest BCUT2D eigenvalue weighted by Crippen LogP contribution is 2.28. The fraction of sp³-hybridized carbons (Fsp3) is 0.500. The van der Waals surface area contributed by atoms with Crippen LogP contribution in [0.4, 0.5) is 0 Å². The highest BCUT2D eigenvalue weighted by atomic mass is 16.5. The SMILES string of the molecule is CNC(C1=COCCC1)c1ncc(C)cc1C. The summed E-state index contributed by atoms with van der Waals surface area (Å²) >= 11 is 0. The van der Waals surface area contributed by atoms with Gasteiger partial charge in [0.1, 0.15) is 0 Å². The van der Waals surface area contributed by atoms with E-state index >= 15 is 0 Å². The molecule has 0 aromatic carbocycles. The molecule has 0 saturated carbocycles. The molecule has 3 nitrogen and oxygen atoms in total. The average Bonchev–Trinajstić information content (AvgIpc) is 2.34. The minimum absolute atomic E-state index is 0.177. The van der Waals surface area contributed by atoms with Crippen molar-refractivity contribution in [3.63, 3.8) is 0 Å². The third-order valence-electron chi connectivity index (χ3n) is 3.15. The molecular weight excluding hydrogens is 212 g/mol. The number of aromatic nitrogens is 1. The van der Waals surface area contributed by atoms with Crippen LogP contribution in [0.3, 0.4) is 0 Å². The van der Waals surface area contributed by atoms with Crippen molar-refractivity contribution in [2.45, 2.75) is 32.7 Å². The summed E-state index contributed by atoms with van der Waals surface area (Å²) in [5, 5.41) is 3.34. The van der Waals surface area contributed by atoms with E-state index in [2.05, 4.69) is 30.2 Å². The minimum atomic E-state index is 0.177. The lowest BCUT2D eigenvalue weighted by Gasteiger charge is -2.23. The van der Waals surface area contributed by atoms with Crippen molar-refractivity contribution in [3.8, 4) is 0 Å². The van der Waals surface area contributed by atoms with Gasteiger partial charge in [-0.05, 0) is 50.4 Å². The quantitative estimate of drug-likeness (QED) is 0.870. The predicted molar refractivity (Wildman–Crippen MR) is 68.8 cm³/mol. The molecule has 1 aromatic heterocycles. The Hall–Kier alpha value is -1.35. The minimum Gasteiger partial charge on any atom is -0.501 e. The second-order valence-electron chi connectivity index (χ2n) is 4.60. The van der Waals surface area contributed by atoms with E-state index in [0.29, 0.717) is 0 Å². The first-order valence-corrected chi connectivity index (χ1v) is 6.13. The number of hydrogen-bond acceptors (Lipinski definition) is 3. The normalized spacial score (nSPS) is 17.2. The molecule has 0 aliphatic carbocycles. The first-order valence-electron chi connectivity index (χ1n) is 6.13. The fourth-order valence-corrected chi connectivity index (χ4v) is 2.32. The molecule has 2 rings (SSSR count). The lowest BCUT2D eigenvalue weighted by atomic mass is 9.96. The van der Waals surface area contributed by atoms with Gasteiger partial charge in [-0.15, -0.1) is 0 Å². The Balaban J connectivity index is 2.31. The van der Waals surface area contributed by atoms with Gasteiger partial charge < -0.3 is 10.1 Å². The number of hydrogen-bond donors (Lipinski definition) is 1. The average molecular weight is 232 g/mol. The van der Waals surface area contributed by atoms with E-state index in [1.54, 1.807) is 0 Å². The number of pyridine rings is 1. The van der Waals surface area contributed by atoms with Crippen LogP contribution in [-0.4, -0.2) is 18.6 Å². The molecule has 0 bridgehead atoms. The molecule has 2 heterocycles. The van der Waals surface area contributed by atoms with Gasteiger partial charge in [0.05, 0.1) is 24.6 Å². The van der Waals surface area contributed by atoms with Crippen LogP contribution >= 0.6 is 0 Å². The molecular formula is C14H20N2O. The molecule has 1 N–H and O–H groups in total. The zero-order valence-corrected chi connectivity index (χ0v) is 10.8. The number of nitrogens with one attached hydrogen (secondary N) is 1. The van der Waals surface area contributed by atoms with Crippen LogP contribution in [0, 0.1) is 13.8 Å². The van der Waals surface area contributed by atoms with E-state index in [4.69, 9.17) is 4.74 Å². The topological polar surface area (TPSA) is 34.1 Å². The monoisotopic (exact) mass is 232 g/mol. The summed E-state index contributed by atoms with van der Waals surface area (Å²) in [7, 11) is 1.97. The lowest BCUT2D eigenvalue weighted by molar-refractivity contribution is 0.219. The van der Waals surface area contributed by atoms with Crippen LogP contribution in [0.5, 0.6) is 0 Å². The van der Waals surface area contributed by atoms with Crippen molar-refractivity contribution >= 4 is 0 Å². The highest BCUT2D eigenvalue weighted by molar-refractivity contribution is 5.31. The Kier molecular flexibility index (Phi) is 3.79. The molecule has 0 amide bonds. The predicted octanol–water partition coefficient (Wildman–Crippen LogP) is 2.65. The zero-order valence-electron chi connectivity index (χ0n) is 10.8. The van der Waals surface area contributed by atoms with Crippen LogP contribution in [0.1, 0.15) is 35.7 Å². The molecule has 0 saturated heterocycles. The van der Waals surface area contributed by atoms with Gasteiger partial charge in [0, 0.05) is 6.20 Å². The maximum atomic E-state index is 5.42. The molecule has 1 aliphatic heterocycles. The first-order chi connectivity index (χ1) is 8.22. The Labute approximate surface area is 103 Å². The van der Waals surface area contributed by atoms with Crippen LogP contribution < -0.4 is 5.32 Å². The van der Waals surface area contributed by atoms with Gasteiger partial charge in [-0.25, -0.2) is 0 Å². The number of aryl methyl sites for hydroxylation is 2. The van der Waals surface area contributed by atoms with E-state index in [1.807, 2.05) is 19.5 Å². The molecule has 1 atom stereocenters. The van der Waals surface area contributed by atoms with Gasteiger partial charge >= 0.3 is 0 Å². The van der Waals surface area contributed by atoms with Crippen LogP contribution in [0.15, 0.2) is 24.1 Å². The third kappa shape index (κ3) is 2.67. The first kappa shape index (κ1) is 12.1. The molecule has 92 valence electrons. The van der Waals surface area contributed by atoms with E-state index in [1.165, 1.54) is 16.7 Å². The maximum Gasteiger partial charge on any atom is 0.0876 e. The van der Waals surface area contributed by atoms with Crippen molar-refractivity contribution in [2.75, 3.05) is 13.7 Å². The Morgan fingerprint density at radius 3 is 2.82 bits per heavy atom. The van der Waals surface area contributed by atoms with E-state index in [0.717, 1.165) is 25.1 Å². The van der Waals surface area contributed by atoms with Gasteiger partial charge in [0.2, 0.25) is 0 Å². The summed E-state index contributed by atoms with van der Waals surface area (Å²) in [5.41, 5.74) is 4.83. The largest absolute Gasteiger partial charge is 0.501 e. The molecule has 0 radical (unpaired) electrons. The second kappa shape index (κ2) is 5.32. The summed E-state index contributed by atoms with van der Waals surface area (Å²) in [6.45, 7) is 5.02. The molecule has 0 fully saturated rings. The van der Waals surface area contributed by atoms with E-state index < -0.39 is 0 Å². The summed E-state index contributed by atoms with van der Waals surface area (Å²) < 4.78 is 5.42. The summed E-state index contributed by atoms with van der Waals surface area (Å²) in [6.07, 6.45) is 6.00. The molecule has 1 aromatic rings.